The number of nitrogens with one attached hydrogen (secondary N) is 1. The van der Waals surface area contributed by atoms with Crippen molar-refractivity contribution in [2.24, 2.45) is 5.92 Å². The lowest BCUT2D eigenvalue weighted by Gasteiger charge is -2.12. The number of hydrogen-bond donors (Lipinski definition) is 1. The minimum Gasteiger partial charge on any atom is -0.493 e. The van der Waals surface area contributed by atoms with Crippen LogP contribution >= 0.6 is 0 Å². The summed E-state index contributed by atoms with van der Waals surface area (Å²) in [6, 6.07) is 16.8. The van der Waals surface area contributed by atoms with Crippen LogP contribution in [-0.2, 0) is 14.6 Å². The monoisotopic (exact) mass is 518 g/mol. The number of para-hydroxylation sites is 1. The normalized spacial score (nSPS) is 16.9. The molecule has 1 unspecified atom stereocenters. The predicted octanol–water partition coefficient (Wildman–Crippen LogP) is 4.09. The first-order valence-corrected chi connectivity index (χ1v) is 14.0. The van der Waals surface area contributed by atoms with Crippen molar-refractivity contribution in [1.29, 1.82) is 5.26 Å². The fourth-order valence-corrected chi connectivity index (χ4v) is 5.79. The van der Waals surface area contributed by atoms with Gasteiger partial charge in [-0.15, -0.1) is 0 Å². The molecule has 0 bridgehead atoms. The van der Waals surface area contributed by atoms with E-state index in [2.05, 4.69) is 19.2 Å². The molecular formula is C28H30N4O4S. The number of amides is 1. The van der Waals surface area contributed by atoms with E-state index in [1.807, 2.05) is 61.5 Å². The second kappa shape index (κ2) is 11.0. The summed E-state index contributed by atoms with van der Waals surface area (Å²) in [5.74, 6) is 0.516. The van der Waals surface area contributed by atoms with Gasteiger partial charge in [0.15, 0.2) is 9.84 Å². The van der Waals surface area contributed by atoms with Gasteiger partial charge in [0.2, 0.25) is 0 Å². The number of aromatic nitrogens is 2. The van der Waals surface area contributed by atoms with E-state index in [0.717, 1.165) is 22.6 Å². The molecule has 8 nitrogen and oxygen atoms in total. The minimum atomic E-state index is -3.16. The van der Waals surface area contributed by atoms with Crippen molar-refractivity contribution in [3.05, 3.63) is 71.4 Å². The van der Waals surface area contributed by atoms with Crippen molar-refractivity contribution in [2.45, 2.75) is 33.2 Å². The smallest absolute Gasteiger partial charge is 0.262 e. The molecule has 1 saturated heterocycles. The third-order valence-electron chi connectivity index (χ3n) is 6.02. The maximum absolute atomic E-state index is 12.9. The van der Waals surface area contributed by atoms with Gasteiger partial charge in [0, 0.05) is 23.4 Å². The highest BCUT2D eigenvalue weighted by Crippen LogP contribution is 2.30. The van der Waals surface area contributed by atoms with Gasteiger partial charge < -0.3 is 10.1 Å². The van der Waals surface area contributed by atoms with E-state index in [0.29, 0.717) is 30.2 Å². The Morgan fingerprint density at radius 1 is 1.27 bits per heavy atom. The number of aryl methyl sites for hydroxylation is 1. The van der Waals surface area contributed by atoms with Crippen LogP contribution in [0, 0.1) is 24.2 Å². The van der Waals surface area contributed by atoms with E-state index in [1.165, 1.54) is 6.08 Å². The molecule has 192 valence electrons. The summed E-state index contributed by atoms with van der Waals surface area (Å²) < 4.78 is 31.1. The van der Waals surface area contributed by atoms with Crippen molar-refractivity contribution < 1.29 is 17.9 Å². The third kappa shape index (κ3) is 6.46. The second-order valence-electron chi connectivity index (χ2n) is 9.64. The Labute approximate surface area is 217 Å². The lowest BCUT2D eigenvalue weighted by Crippen LogP contribution is -2.36. The lowest BCUT2D eigenvalue weighted by molar-refractivity contribution is -0.117. The molecule has 2 heterocycles. The summed E-state index contributed by atoms with van der Waals surface area (Å²) in [5, 5.41) is 17.2. The Balaban J connectivity index is 1.70. The van der Waals surface area contributed by atoms with Gasteiger partial charge in [0.25, 0.3) is 5.91 Å². The van der Waals surface area contributed by atoms with Gasteiger partial charge in [-0.2, -0.15) is 10.4 Å². The number of rotatable bonds is 8. The van der Waals surface area contributed by atoms with Gasteiger partial charge in [-0.05, 0) is 61.2 Å². The Hall–Kier alpha value is -3.90. The number of carbonyl (C=O) groups is 1. The van der Waals surface area contributed by atoms with Gasteiger partial charge in [0.05, 0.1) is 23.8 Å². The molecule has 4 rings (SSSR count). The number of carbonyl (C=O) groups excluding carboxylic acids is 1. The molecule has 0 radical (unpaired) electrons. The van der Waals surface area contributed by atoms with Crippen LogP contribution in [0.3, 0.4) is 0 Å². The van der Waals surface area contributed by atoms with Crippen LogP contribution < -0.4 is 10.1 Å². The van der Waals surface area contributed by atoms with Crippen LogP contribution in [0.2, 0.25) is 0 Å². The Kier molecular flexibility index (Phi) is 7.79. The van der Waals surface area contributed by atoms with E-state index in [1.54, 1.807) is 10.9 Å². The number of ether oxygens (including phenoxy) is 1. The molecule has 0 saturated carbocycles. The summed E-state index contributed by atoms with van der Waals surface area (Å²) >= 11 is 0. The molecule has 3 aromatic rings. The SMILES string of the molecule is Cc1cc(-c2nn(-c3ccccc3)cc2/C=C(\C#N)C(=O)NC2CCS(=O)(=O)C2)ccc1OCC(C)C. The van der Waals surface area contributed by atoms with Gasteiger partial charge in [0.1, 0.15) is 23.1 Å². The molecule has 0 spiro atoms. The minimum absolute atomic E-state index is 0.0355. The number of nitriles is 1. The van der Waals surface area contributed by atoms with Gasteiger partial charge in [-0.25, -0.2) is 13.1 Å². The first-order valence-electron chi connectivity index (χ1n) is 12.2. The maximum Gasteiger partial charge on any atom is 0.262 e. The summed E-state index contributed by atoms with van der Waals surface area (Å²) in [7, 11) is -3.16. The molecule has 1 fully saturated rings. The standard InChI is InChI=1S/C28H30N4O4S/c1-19(2)17-36-26-10-9-21(13-20(26)3)27-23(16-32(31-27)25-7-5-4-6-8-25)14-22(15-29)28(33)30-24-11-12-37(34,35)18-24/h4-10,13-14,16,19,24H,11-12,17-18H2,1-3H3,(H,30,33)/b22-14+. The molecule has 1 atom stereocenters. The van der Waals surface area contributed by atoms with Crippen molar-refractivity contribution in [1.82, 2.24) is 15.1 Å². The Morgan fingerprint density at radius 3 is 2.65 bits per heavy atom. The molecular weight excluding hydrogens is 488 g/mol. The number of nitrogens with zero attached hydrogens (tertiary/aromatic N) is 3. The number of benzene rings is 2. The highest BCUT2D eigenvalue weighted by molar-refractivity contribution is 7.91. The van der Waals surface area contributed by atoms with E-state index < -0.39 is 21.8 Å². The topological polar surface area (TPSA) is 114 Å². The van der Waals surface area contributed by atoms with Gasteiger partial charge in [-0.1, -0.05) is 32.0 Å². The van der Waals surface area contributed by atoms with E-state index >= 15 is 0 Å². The molecule has 1 aliphatic rings. The largest absolute Gasteiger partial charge is 0.493 e. The zero-order valence-electron chi connectivity index (χ0n) is 21.1. The van der Waals surface area contributed by atoms with Crippen LogP contribution in [0.15, 0.2) is 60.3 Å². The van der Waals surface area contributed by atoms with Crippen LogP contribution in [0.5, 0.6) is 5.75 Å². The fourth-order valence-electron chi connectivity index (χ4n) is 4.12. The molecule has 0 aliphatic carbocycles. The van der Waals surface area contributed by atoms with Crippen LogP contribution in [-0.4, -0.2) is 48.3 Å². The van der Waals surface area contributed by atoms with Gasteiger partial charge in [-0.3, -0.25) is 4.79 Å². The van der Waals surface area contributed by atoms with Crippen LogP contribution in [0.25, 0.3) is 23.0 Å². The zero-order valence-corrected chi connectivity index (χ0v) is 22.0. The quantitative estimate of drug-likeness (QED) is 0.355. The first kappa shape index (κ1) is 26.2. The average Bonchev–Trinajstić information content (AvgIpc) is 3.44. The molecule has 1 aliphatic heterocycles. The first-order chi connectivity index (χ1) is 17.6. The average molecular weight is 519 g/mol. The van der Waals surface area contributed by atoms with Crippen molar-refractivity contribution in [3.63, 3.8) is 0 Å². The Morgan fingerprint density at radius 2 is 2.03 bits per heavy atom. The highest BCUT2D eigenvalue weighted by atomic mass is 32.2. The molecule has 1 aromatic heterocycles. The summed E-state index contributed by atoms with van der Waals surface area (Å²) in [6.45, 7) is 6.76. The van der Waals surface area contributed by atoms with Crippen molar-refractivity contribution in [2.75, 3.05) is 18.1 Å². The second-order valence-corrected chi connectivity index (χ2v) is 11.9. The van der Waals surface area contributed by atoms with Crippen LogP contribution in [0.4, 0.5) is 0 Å². The lowest BCUT2D eigenvalue weighted by atomic mass is 10.0. The Bertz CT molecular complexity index is 1470. The fraction of sp³-hybridized carbons (Fsp3) is 0.321. The molecule has 9 heteroatoms. The van der Waals surface area contributed by atoms with Crippen molar-refractivity contribution >= 4 is 21.8 Å². The van der Waals surface area contributed by atoms with Gasteiger partial charge >= 0.3 is 0 Å². The molecule has 1 amide bonds. The van der Waals surface area contributed by atoms with Crippen molar-refractivity contribution in [3.8, 4) is 28.8 Å². The zero-order chi connectivity index (χ0) is 26.6. The van der Waals surface area contributed by atoms with Crippen LogP contribution in [0.1, 0.15) is 31.4 Å². The maximum atomic E-state index is 12.9. The number of hydrogen-bond acceptors (Lipinski definition) is 6. The van der Waals surface area contributed by atoms with E-state index in [-0.39, 0.29) is 17.1 Å². The van der Waals surface area contributed by atoms with E-state index in [4.69, 9.17) is 9.84 Å². The summed E-state index contributed by atoms with van der Waals surface area (Å²) in [4.78, 5) is 12.9. The highest BCUT2D eigenvalue weighted by Gasteiger charge is 2.29. The summed E-state index contributed by atoms with van der Waals surface area (Å²) in [6.07, 6.45) is 3.61. The third-order valence-corrected chi connectivity index (χ3v) is 7.78. The molecule has 37 heavy (non-hydrogen) atoms. The molecule has 2 aromatic carbocycles. The number of sulfone groups is 1. The molecule has 1 N–H and O–H groups in total. The van der Waals surface area contributed by atoms with E-state index in [9.17, 15) is 18.5 Å². The predicted molar refractivity (Wildman–Crippen MR) is 143 cm³/mol. The summed E-state index contributed by atoms with van der Waals surface area (Å²) in [5.41, 5.74) is 3.66.